The number of rotatable bonds is 5. The number of hydrogen-bond donors (Lipinski definition) is 1. The van der Waals surface area contributed by atoms with Crippen LogP contribution in [-0.4, -0.2) is 15.2 Å². The summed E-state index contributed by atoms with van der Waals surface area (Å²) in [6.07, 6.45) is 9.19. The van der Waals surface area contributed by atoms with Crippen molar-refractivity contribution < 1.29 is 0 Å². The Balaban J connectivity index is 1.46. The third-order valence-electron chi connectivity index (χ3n) is 7.68. The maximum Gasteiger partial charge on any atom is 0.0784 e. The van der Waals surface area contributed by atoms with Crippen LogP contribution >= 0.6 is 0 Å². The minimum Gasteiger partial charge on any atom is -0.277 e. The van der Waals surface area contributed by atoms with Crippen LogP contribution in [0.3, 0.4) is 0 Å². The number of fused-ring (bicyclic) bond motifs is 3. The minimum absolute atomic E-state index is 0.384. The molecule has 2 aliphatic rings. The van der Waals surface area contributed by atoms with Gasteiger partial charge in [-0.3, -0.25) is 10.1 Å². The fourth-order valence-electron chi connectivity index (χ4n) is 5.98. The van der Waals surface area contributed by atoms with Gasteiger partial charge in [0.2, 0.25) is 0 Å². The van der Waals surface area contributed by atoms with Gasteiger partial charge < -0.3 is 0 Å². The van der Waals surface area contributed by atoms with E-state index in [-0.39, 0.29) is 0 Å². The fourth-order valence-corrected chi connectivity index (χ4v) is 5.98. The predicted molar refractivity (Wildman–Crippen MR) is 135 cm³/mol. The van der Waals surface area contributed by atoms with E-state index in [9.17, 15) is 0 Å². The van der Waals surface area contributed by atoms with Crippen molar-refractivity contribution >= 4 is 0 Å². The number of pyridine rings is 1. The molecule has 3 heteroatoms. The molecule has 0 amide bonds. The van der Waals surface area contributed by atoms with Crippen molar-refractivity contribution in [2.45, 2.75) is 57.8 Å². The first-order valence-electron chi connectivity index (χ1n) is 12.4. The van der Waals surface area contributed by atoms with Crippen LogP contribution in [0.2, 0.25) is 0 Å². The largest absolute Gasteiger partial charge is 0.277 e. The molecular weight excluding hydrogens is 402 g/mol. The second kappa shape index (κ2) is 7.98. The Morgan fingerprint density at radius 1 is 0.909 bits per heavy atom. The minimum atomic E-state index is 0.384. The lowest BCUT2D eigenvalue weighted by Gasteiger charge is -2.44. The molecule has 1 N–H and O–H groups in total. The van der Waals surface area contributed by atoms with Crippen LogP contribution in [0, 0.1) is 5.92 Å². The number of aryl methyl sites for hydroxylation is 2. The van der Waals surface area contributed by atoms with E-state index in [0.717, 1.165) is 30.1 Å². The summed E-state index contributed by atoms with van der Waals surface area (Å²) in [6, 6.07) is 22.3. The van der Waals surface area contributed by atoms with Gasteiger partial charge in [-0.15, -0.1) is 0 Å². The van der Waals surface area contributed by atoms with Gasteiger partial charge in [0, 0.05) is 16.7 Å². The Hall–Kier alpha value is -3.20. The highest BCUT2D eigenvalue weighted by atomic mass is 15.1. The molecule has 1 saturated carbocycles. The van der Waals surface area contributed by atoms with Gasteiger partial charge in [0.05, 0.1) is 23.3 Å². The maximum absolute atomic E-state index is 5.26. The summed E-state index contributed by atoms with van der Waals surface area (Å²) in [6.45, 7) is 4.70. The zero-order valence-corrected chi connectivity index (χ0v) is 19.6. The summed E-state index contributed by atoms with van der Waals surface area (Å²) in [5.74, 6) is 0.726. The molecule has 0 atom stereocenters. The van der Waals surface area contributed by atoms with Crippen molar-refractivity contribution in [1.29, 1.82) is 0 Å². The van der Waals surface area contributed by atoms with Gasteiger partial charge in [-0.1, -0.05) is 74.9 Å². The van der Waals surface area contributed by atoms with Gasteiger partial charge in [-0.2, -0.15) is 5.10 Å². The van der Waals surface area contributed by atoms with E-state index >= 15 is 0 Å². The summed E-state index contributed by atoms with van der Waals surface area (Å²) in [7, 11) is 0. The number of benzene rings is 2. The van der Waals surface area contributed by atoms with Crippen molar-refractivity contribution in [3.63, 3.8) is 0 Å². The number of hydrogen-bond acceptors (Lipinski definition) is 2. The Bertz CT molecular complexity index is 1280. The summed E-state index contributed by atoms with van der Waals surface area (Å²) < 4.78 is 0. The van der Waals surface area contributed by atoms with Crippen LogP contribution in [0.25, 0.3) is 33.6 Å². The van der Waals surface area contributed by atoms with Crippen molar-refractivity contribution in [2.24, 2.45) is 5.92 Å². The van der Waals surface area contributed by atoms with Gasteiger partial charge in [0.1, 0.15) is 0 Å². The van der Waals surface area contributed by atoms with Crippen LogP contribution < -0.4 is 0 Å². The third kappa shape index (κ3) is 3.51. The smallest absolute Gasteiger partial charge is 0.0784 e. The fraction of sp³-hybridized carbons (Fsp3) is 0.333. The Morgan fingerprint density at radius 3 is 2.39 bits per heavy atom. The molecule has 3 nitrogen and oxygen atoms in total. The quantitative estimate of drug-likeness (QED) is 0.357. The first-order chi connectivity index (χ1) is 16.1. The van der Waals surface area contributed by atoms with E-state index in [1.165, 1.54) is 64.8 Å². The van der Waals surface area contributed by atoms with E-state index < -0.39 is 0 Å². The molecule has 0 unspecified atom stereocenters. The lowest BCUT2D eigenvalue weighted by atomic mass is 9.61. The summed E-state index contributed by atoms with van der Waals surface area (Å²) >= 11 is 0. The average Bonchev–Trinajstić information content (AvgIpc) is 3.31. The van der Waals surface area contributed by atoms with Gasteiger partial charge in [0.25, 0.3) is 0 Å². The van der Waals surface area contributed by atoms with E-state index in [1.54, 1.807) is 0 Å². The SMILES string of the molecule is CC(C)CC1(c2ccc(-c3nc4c(cc3-c3ccccc3)-c3[nH]ncc3CC4)cc2)CCC1. The highest BCUT2D eigenvalue weighted by molar-refractivity contribution is 5.85. The maximum atomic E-state index is 5.26. The molecule has 4 aromatic rings. The molecule has 2 heterocycles. The highest BCUT2D eigenvalue weighted by Crippen LogP contribution is 2.48. The molecule has 33 heavy (non-hydrogen) atoms. The lowest BCUT2D eigenvalue weighted by molar-refractivity contribution is 0.200. The van der Waals surface area contributed by atoms with Gasteiger partial charge in [-0.05, 0) is 66.2 Å². The molecule has 2 aromatic heterocycles. The topological polar surface area (TPSA) is 41.6 Å². The number of H-pyrrole nitrogens is 1. The summed E-state index contributed by atoms with van der Waals surface area (Å²) in [4.78, 5) is 5.26. The first-order valence-corrected chi connectivity index (χ1v) is 12.4. The Morgan fingerprint density at radius 2 is 1.70 bits per heavy atom. The second-order valence-corrected chi connectivity index (χ2v) is 10.3. The molecular formula is C30H31N3. The molecule has 0 radical (unpaired) electrons. The zero-order valence-electron chi connectivity index (χ0n) is 19.6. The standard InChI is InChI=1S/C30H31N3/c1-20(2)18-30(15-6-16-30)24-12-9-22(10-13-24)28-25(21-7-4-3-5-8-21)17-26-27(32-28)14-11-23-19-31-33-29(23)26/h3-5,7-10,12-13,17,19-20H,6,11,14-16,18H2,1-2H3,(H,31,33). The van der Waals surface area contributed by atoms with Gasteiger partial charge >= 0.3 is 0 Å². The number of aromatic nitrogens is 3. The highest BCUT2D eigenvalue weighted by Gasteiger charge is 2.38. The van der Waals surface area contributed by atoms with Crippen LogP contribution in [0.5, 0.6) is 0 Å². The number of nitrogens with zero attached hydrogens (tertiary/aromatic N) is 2. The van der Waals surface area contributed by atoms with Crippen LogP contribution in [0.1, 0.15) is 56.4 Å². The third-order valence-corrected chi connectivity index (χ3v) is 7.68. The van der Waals surface area contributed by atoms with E-state index in [0.29, 0.717) is 5.41 Å². The summed E-state index contributed by atoms with van der Waals surface area (Å²) in [5, 5.41) is 7.51. The van der Waals surface area contributed by atoms with E-state index in [4.69, 9.17) is 4.98 Å². The molecule has 0 saturated heterocycles. The molecule has 2 aromatic carbocycles. The van der Waals surface area contributed by atoms with E-state index in [2.05, 4.69) is 84.7 Å². The molecule has 1 fully saturated rings. The summed E-state index contributed by atoms with van der Waals surface area (Å²) in [5.41, 5.74) is 11.3. The molecule has 166 valence electrons. The molecule has 0 spiro atoms. The second-order valence-electron chi connectivity index (χ2n) is 10.3. The van der Waals surface area contributed by atoms with Crippen molar-refractivity contribution in [1.82, 2.24) is 15.2 Å². The normalized spacial score (nSPS) is 16.2. The van der Waals surface area contributed by atoms with Crippen molar-refractivity contribution in [2.75, 3.05) is 0 Å². The number of aromatic amines is 1. The Labute approximate surface area is 196 Å². The molecule has 6 rings (SSSR count). The van der Waals surface area contributed by atoms with Gasteiger partial charge in [0.15, 0.2) is 0 Å². The lowest BCUT2D eigenvalue weighted by Crippen LogP contribution is -2.35. The van der Waals surface area contributed by atoms with E-state index in [1.807, 2.05) is 6.20 Å². The predicted octanol–water partition coefficient (Wildman–Crippen LogP) is 7.37. The first kappa shape index (κ1) is 20.4. The Kier molecular flexibility index (Phi) is 4.94. The van der Waals surface area contributed by atoms with Gasteiger partial charge in [-0.25, -0.2) is 0 Å². The zero-order chi connectivity index (χ0) is 22.4. The molecule has 0 aliphatic heterocycles. The van der Waals surface area contributed by atoms with Crippen LogP contribution in [0.15, 0.2) is 66.9 Å². The van der Waals surface area contributed by atoms with Crippen molar-refractivity contribution in [3.8, 4) is 33.6 Å². The van der Waals surface area contributed by atoms with Crippen LogP contribution in [-0.2, 0) is 18.3 Å². The number of nitrogens with one attached hydrogen (secondary N) is 1. The molecule has 0 bridgehead atoms. The average molecular weight is 434 g/mol. The molecule has 2 aliphatic carbocycles. The van der Waals surface area contributed by atoms with Crippen LogP contribution in [0.4, 0.5) is 0 Å². The van der Waals surface area contributed by atoms with Crippen molar-refractivity contribution in [3.05, 3.63) is 83.7 Å². The monoisotopic (exact) mass is 433 g/mol.